The maximum atomic E-state index is 12.8. The van der Waals surface area contributed by atoms with Crippen molar-refractivity contribution in [3.63, 3.8) is 0 Å². The molecule has 0 radical (unpaired) electrons. The number of halogens is 1. The van der Waals surface area contributed by atoms with Crippen LogP contribution in [0.3, 0.4) is 0 Å². The highest BCUT2D eigenvalue weighted by molar-refractivity contribution is 6.31. The van der Waals surface area contributed by atoms with Crippen LogP contribution in [-0.2, 0) is 11.3 Å². The van der Waals surface area contributed by atoms with Crippen LogP contribution in [0.5, 0.6) is 5.75 Å². The van der Waals surface area contributed by atoms with Crippen molar-refractivity contribution >= 4 is 17.6 Å². The molecule has 138 valence electrons. The standard InChI is InChI=1S/C20H17ClN2O4/c1-2-27-20(26)16-18(24)17(13-8-4-3-5-9-13)22-23(19(16)25)12-14-10-6-7-11-15(14)21/h3-11,24H,2,12H2,1H3. The molecule has 0 saturated carbocycles. The molecule has 0 bridgehead atoms. The van der Waals surface area contributed by atoms with Crippen molar-refractivity contribution in [3.05, 3.63) is 81.1 Å². The minimum atomic E-state index is -0.896. The Labute approximate surface area is 160 Å². The molecule has 7 heteroatoms. The zero-order chi connectivity index (χ0) is 19.4. The summed E-state index contributed by atoms with van der Waals surface area (Å²) in [6.45, 7) is 1.74. The summed E-state index contributed by atoms with van der Waals surface area (Å²) in [6, 6.07) is 15.8. The third kappa shape index (κ3) is 3.85. The first-order chi connectivity index (χ1) is 13.0. The number of esters is 1. The first kappa shape index (κ1) is 18.7. The van der Waals surface area contributed by atoms with E-state index in [9.17, 15) is 14.7 Å². The van der Waals surface area contributed by atoms with Crippen LogP contribution in [0.4, 0.5) is 0 Å². The first-order valence-corrected chi connectivity index (χ1v) is 8.70. The highest BCUT2D eigenvalue weighted by atomic mass is 35.5. The summed E-state index contributed by atoms with van der Waals surface area (Å²) in [5.41, 5.74) is 0.148. The molecule has 0 amide bonds. The van der Waals surface area contributed by atoms with Crippen molar-refractivity contribution in [2.24, 2.45) is 0 Å². The van der Waals surface area contributed by atoms with Gasteiger partial charge in [0.1, 0.15) is 5.69 Å². The molecule has 0 aliphatic rings. The molecule has 3 aromatic rings. The summed E-state index contributed by atoms with van der Waals surface area (Å²) in [7, 11) is 0. The van der Waals surface area contributed by atoms with Gasteiger partial charge in [0.05, 0.1) is 13.2 Å². The quantitative estimate of drug-likeness (QED) is 0.681. The molecule has 0 atom stereocenters. The lowest BCUT2D eigenvalue weighted by Gasteiger charge is -2.13. The third-order valence-corrected chi connectivity index (χ3v) is 4.30. The largest absolute Gasteiger partial charge is 0.505 e. The topological polar surface area (TPSA) is 81.4 Å². The minimum Gasteiger partial charge on any atom is -0.505 e. The number of nitrogens with zero attached hydrogens (tertiary/aromatic N) is 2. The molecule has 0 spiro atoms. The molecule has 1 heterocycles. The molecule has 0 unspecified atom stereocenters. The average Bonchev–Trinajstić information content (AvgIpc) is 2.66. The monoisotopic (exact) mass is 384 g/mol. The number of aromatic hydroxyl groups is 1. The normalized spacial score (nSPS) is 10.6. The molecule has 0 saturated heterocycles. The molecule has 27 heavy (non-hydrogen) atoms. The van der Waals surface area contributed by atoms with Crippen LogP contribution in [0.25, 0.3) is 11.3 Å². The first-order valence-electron chi connectivity index (χ1n) is 8.33. The van der Waals surface area contributed by atoms with Gasteiger partial charge in [-0.25, -0.2) is 9.48 Å². The number of carbonyl (C=O) groups is 1. The molecule has 0 aliphatic heterocycles. The number of benzene rings is 2. The number of hydrogen-bond acceptors (Lipinski definition) is 5. The van der Waals surface area contributed by atoms with Gasteiger partial charge in [0.2, 0.25) is 0 Å². The van der Waals surface area contributed by atoms with Crippen molar-refractivity contribution < 1.29 is 14.6 Å². The van der Waals surface area contributed by atoms with E-state index in [0.29, 0.717) is 16.1 Å². The van der Waals surface area contributed by atoms with E-state index >= 15 is 0 Å². The van der Waals surface area contributed by atoms with E-state index in [-0.39, 0.29) is 18.8 Å². The molecule has 0 aliphatic carbocycles. The SMILES string of the molecule is CCOC(=O)c1c(O)c(-c2ccccc2)nn(Cc2ccccc2Cl)c1=O. The van der Waals surface area contributed by atoms with E-state index in [4.69, 9.17) is 16.3 Å². The van der Waals surface area contributed by atoms with Gasteiger partial charge in [-0.3, -0.25) is 4.79 Å². The summed E-state index contributed by atoms with van der Waals surface area (Å²) in [5, 5.41) is 15.3. The van der Waals surface area contributed by atoms with Crippen molar-refractivity contribution in [1.29, 1.82) is 0 Å². The lowest BCUT2D eigenvalue weighted by atomic mass is 10.1. The number of rotatable bonds is 5. The Morgan fingerprint density at radius 2 is 1.81 bits per heavy atom. The second-order valence-electron chi connectivity index (χ2n) is 5.71. The van der Waals surface area contributed by atoms with Crippen LogP contribution in [0, 0.1) is 0 Å². The summed E-state index contributed by atoms with van der Waals surface area (Å²) in [6.07, 6.45) is 0. The van der Waals surface area contributed by atoms with Gasteiger partial charge in [0.15, 0.2) is 11.3 Å². The summed E-state index contributed by atoms with van der Waals surface area (Å²) < 4.78 is 6.05. The second kappa shape index (κ2) is 8.05. The summed E-state index contributed by atoms with van der Waals surface area (Å²) >= 11 is 6.18. The average molecular weight is 385 g/mol. The Morgan fingerprint density at radius 1 is 1.15 bits per heavy atom. The Kier molecular flexibility index (Phi) is 5.57. The Morgan fingerprint density at radius 3 is 2.48 bits per heavy atom. The predicted octanol–water partition coefficient (Wildman–Crippen LogP) is 3.49. The zero-order valence-electron chi connectivity index (χ0n) is 14.6. The Bertz CT molecular complexity index is 1030. The molecule has 1 N–H and O–H groups in total. The van der Waals surface area contributed by atoms with Crippen LogP contribution in [0.15, 0.2) is 59.4 Å². The van der Waals surface area contributed by atoms with Gasteiger partial charge < -0.3 is 9.84 Å². The van der Waals surface area contributed by atoms with Gasteiger partial charge >= 0.3 is 5.97 Å². The number of hydrogen-bond donors (Lipinski definition) is 1. The van der Waals surface area contributed by atoms with Gasteiger partial charge in [-0.1, -0.05) is 60.1 Å². The zero-order valence-corrected chi connectivity index (χ0v) is 15.3. The number of carbonyl (C=O) groups excluding carboxylic acids is 1. The smallest absolute Gasteiger partial charge is 0.347 e. The molecular weight excluding hydrogens is 368 g/mol. The lowest BCUT2D eigenvalue weighted by molar-refractivity contribution is 0.0519. The fourth-order valence-corrected chi connectivity index (χ4v) is 2.83. The van der Waals surface area contributed by atoms with E-state index in [1.807, 2.05) is 6.07 Å². The molecule has 0 fully saturated rings. The Balaban J connectivity index is 2.21. The van der Waals surface area contributed by atoms with Gasteiger partial charge in [-0.2, -0.15) is 5.10 Å². The van der Waals surface area contributed by atoms with Crippen LogP contribution in [0.1, 0.15) is 22.8 Å². The summed E-state index contributed by atoms with van der Waals surface area (Å²) in [5.74, 6) is -1.40. The van der Waals surface area contributed by atoms with Crippen LogP contribution >= 0.6 is 11.6 Å². The van der Waals surface area contributed by atoms with Crippen molar-refractivity contribution in [2.45, 2.75) is 13.5 Å². The summed E-state index contributed by atoms with van der Waals surface area (Å²) in [4.78, 5) is 25.1. The lowest BCUT2D eigenvalue weighted by Crippen LogP contribution is -2.30. The van der Waals surface area contributed by atoms with E-state index in [1.165, 1.54) is 0 Å². The third-order valence-electron chi connectivity index (χ3n) is 3.93. The number of aromatic nitrogens is 2. The Hall–Kier alpha value is -3.12. The van der Waals surface area contributed by atoms with E-state index in [0.717, 1.165) is 4.68 Å². The fourth-order valence-electron chi connectivity index (χ4n) is 2.64. The highest BCUT2D eigenvalue weighted by Crippen LogP contribution is 2.29. The predicted molar refractivity (Wildman–Crippen MR) is 102 cm³/mol. The minimum absolute atomic E-state index is 0.0467. The number of ether oxygens (including phenoxy) is 1. The van der Waals surface area contributed by atoms with Crippen LogP contribution in [0.2, 0.25) is 5.02 Å². The van der Waals surface area contributed by atoms with Crippen LogP contribution < -0.4 is 5.56 Å². The van der Waals surface area contributed by atoms with E-state index in [2.05, 4.69) is 5.10 Å². The maximum Gasteiger partial charge on any atom is 0.347 e. The second-order valence-corrected chi connectivity index (χ2v) is 6.12. The molecule has 6 nitrogen and oxygen atoms in total. The molecule has 1 aromatic heterocycles. The van der Waals surface area contributed by atoms with Gasteiger partial charge in [0.25, 0.3) is 5.56 Å². The maximum absolute atomic E-state index is 12.8. The fraction of sp³-hybridized carbons (Fsp3) is 0.150. The van der Waals surface area contributed by atoms with Gasteiger partial charge in [-0.05, 0) is 18.6 Å². The van der Waals surface area contributed by atoms with Crippen molar-refractivity contribution in [2.75, 3.05) is 6.61 Å². The van der Waals surface area contributed by atoms with E-state index in [1.54, 1.807) is 55.5 Å². The molecular formula is C20H17ClN2O4. The van der Waals surface area contributed by atoms with Crippen LogP contribution in [-0.4, -0.2) is 27.5 Å². The van der Waals surface area contributed by atoms with Crippen molar-refractivity contribution in [1.82, 2.24) is 9.78 Å². The van der Waals surface area contributed by atoms with Gasteiger partial charge in [0, 0.05) is 10.6 Å². The molecule has 2 aromatic carbocycles. The van der Waals surface area contributed by atoms with Gasteiger partial charge in [-0.15, -0.1) is 0 Å². The highest BCUT2D eigenvalue weighted by Gasteiger charge is 2.25. The van der Waals surface area contributed by atoms with Crippen molar-refractivity contribution in [3.8, 4) is 17.0 Å². The van der Waals surface area contributed by atoms with E-state index < -0.39 is 22.8 Å². The molecule has 3 rings (SSSR count).